The minimum absolute atomic E-state index is 0.0860. The first-order chi connectivity index (χ1) is 21.9. The molecule has 1 fully saturated rings. The largest absolute Gasteiger partial charge is 0.444 e. The van der Waals surface area contributed by atoms with Crippen molar-refractivity contribution < 1.29 is 49.1 Å². The number of amides is 2. The molecule has 1 aliphatic rings. The monoisotopic (exact) mass is 705 g/mol. The maximum absolute atomic E-state index is 14.1. The van der Waals surface area contributed by atoms with Crippen molar-refractivity contribution in [3.8, 4) is 0 Å². The standard InChI is InChI=1S/C31H37F6N5O5S/c1-18-7-9-21(10-8-18)48(45,46)42-24(30(32,33)34)15-20(26(42)43)13-19-14-25-39-23(17-41(25)38-16-19)22(40-27(44)47-28(2,3)4)11-12-29(5,6)31(35,36)37/h7-10,14,16-17,20,22,24H,11-13,15H2,1-6H3,(H,40,44)/t20?,22-,24-/m0/s1. The first-order valence-electron chi connectivity index (χ1n) is 15.0. The average molecular weight is 706 g/mol. The minimum Gasteiger partial charge on any atom is -0.444 e. The van der Waals surface area contributed by atoms with Crippen LogP contribution in [0.15, 0.2) is 47.6 Å². The van der Waals surface area contributed by atoms with E-state index in [2.05, 4.69) is 15.4 Å². The Morgan fingerprint density at radius 2 is 1.69 bits per heavy atom. The van der Waals surface area contributed by atoms with E-state index in [1.54, 1.807) is 27.7 Å². The predicted molar refractivity (Wildman–Crippen MR) is 161 cm³/mol. The van der Waals surface area contributed by atoms with Crippen molar-refractivity contribution in [2.24, 2.45) is 11.3 Å². The lowest BCUT2D eigenvalue weighted by atomic mass is 9.85. The summed E-state index contributed by atoms with van der Waals surface area (Å²) in [6.07, 6.45) is -9.43. The number of aromatic nitrogens is 3. The first-order valence-corrected chi connectivity index (χ1v) is 16.5. The molecule has 1 saturated heterocycles. The Hall–Kier alpha value is -3.89. The van der Waals surface area contributed by atoms with E-state index >= 15 is 0 Å². The van der Waals surface area contributed by atoms with E-state index < -0.39 is 74.7 Å². The zero-order valence-corrected chi connectivity index (χ0v) is 27.9. The summed E-state index contributed by atoms with van der Waals surface area (Å²) in [6.45, 7) is 8.60. The van der Waals surface area contributed by atoms with Crippen LogP contribution in [0.2, 0.25) is 0 Å². The highest BCUT2D eigenvalue weighted by atomic mass is 32.2. The Balaban J connectivity index is 1.61. The number of ether oxygens (including phenoxy) is 1. The molecular formula is C31H37F6N5O5S. The van der Waals surface area contributed by atoms with Crippen LogP contribution in [-0.2, 0) is 26.0 Å². The van der Waals surface area contributed by atoms with Gasteiger partial charge in [-0.25, -0.2) is 27.0 Å². The molecule has 1 unspecified atom stereocenters. The van der Waals surface area contributed by atoms with Gasteiger partial charge < -0.3 is 10.1 Å². The second kappa shape index (κ2) is 12.9. The van der Waals surface area contributed by atoms with Gasteiger partial charge in [-0.3, -0.25) is 4.79 Å². The second-order valence-electron chi connectivity index (χ2n) is 13.6. The van der Waals surface area contributed by atoms with Gasteiger partial charge in [0.15, 0.2) is 5.65 Å². The summed E-state index contributed by atoms with van der Waals surface area (Å²) in [6, 6.07) is 2.93. The van der Waals surface area contributed by atoms with Gasteiger partial charge in [-0.05, 0) is 77.1 Å². The third-order valence-electron chi connectivity index (χ3n) is 8.06. The molecule has 0 spiro atoms. The summed E-state index contributed by atoms with van der Waals surface area (Å²) in [5, 5.41) is 6.76. The number of nitrogens with zero attached hydrogens (tertiary/aromatic N) is 4. The van der Waals surface area contributed by atoms with Crippen LogP contribution < -0.4 is 5.32 Å². The van der Waals surface area contributed by atoms with E-state index in [0.717, 1.165) is 26.0 Å². The van der Waals surface area contributed by atoms with Crippen LogP contribution in [0.5, 0.6) is 0 Å². The highest BCUT2D eigenvalue weighted by Gasteiger charge is 2.57. The summed E-state index contributed by atoms with van der Waals surface area (Å²) in [5.41, 5.74) is -1.76. The number of sulfonamides is 1. The van der Waals surface area contributed by atoms with E-state index in [9.17, 15) is 44.3 Å². The Kier molecular flexibility index (Phi) is 9.89. The number of benzene rings is 1. The zero-order valence-electron chi connectivity index (χ0n) is 27.1. The van der Waals surface area contributed by atoms with E-state index in [1.165, 1.54) is 35.1 Å². The van der Waals surface area contributed by atoms with Gasteiger partial charge in [0.1, 0.15) is 11.6 Å². The number of nitrogens with one attached hydrogen (secondary N) is 1. The number of hydrogen-bond acceptors (Lipinski definition) is 7. The predicted octanol–water partition coefficient (Wildman–Crippen LogP) is 6.68. The Labute approximate surface area is 273 Å². The Morgan fingerprint density at radius 1 is 1.06 bits per heavy atom. The summed E-state index contributed by atoms with van der Waals surface area (Å²) in [4.78, 5) is 29.9. The summed E-state index contributed by atoms with van der Waals surface area (Å²) in [7, 11) is -4.83. The molecule has 1 aliphatic heterocycles. The molecule has 3 aromatic rings. The summed E-state index contributed by atoms with van der Waals surface area (Å²) < 4.78 is 116. The van der Waals surface area contributed by atoms with Crippen LogP contribution in [0.4, 0.5) is 31.1 Å². The molecule has 1 N–H and O–H groups in total. The number of aryl methyl sites for hydroxylation is 1. The zero-order chi connectivity index (χ0) is 36.0. The molecule has 3 heterocycles. The minimum atomic E-state index is -5.03. The van der Waals surface area contributed by atoms with E-state index in [0.29, 0.717) is 5.56 Å². The van der Waals surface area contributed by atoms with Crippen molar-refractivity contribution in [3.63, 3.8) is 0 Å². The van der Waals surface area contributed by atoms with Gasteiger partial charge >= 0.3 is 18.4 Å². The molecular weight excluding hydrogens is 668 g/mol. The molecule has 48 heavy (non-hydrogen) atoms. The van der Waals surface area contributed by atoms with Crippen LogP contribution in [0.1, 0.15) is 76.7 Å². The van der Waals surface area contributed by atoms with Gasteiger partial charge in [-0.2, -0.15) is 31.4 Å². The lowest BCUT2D eigenvalue weighted by Crippen LogP contribution is -2.46. The van der Waals surface area contributed by atoms with Crippen LogP contribution in [-0.4, -0.2) is 63.3 Å². The highest BCUT2D eigenvalue weighted by Crippen LogP contribution is 2.43. The van der Waals surface area contributed by atoms with E-state index in [1.807, 2.05) is 0 Å². The summed E-state index contributed by atoms with van der Waals surface area (Å²) >= 11 is 0. The van der Waals surface area contributed by atoms with Crippen molar-refractivity contribution in [1.82, 2.24) is 24.2 Å². The molecule has 17 heteroatoms. The van der Waals surface area contributed by atoms with Crippen molar-refractivity contribution in [2.75, 3.05) is 0 Å². The smallest absolute Gasteiger partial charge is 0.410 e. The van der Waals surface area contributed by atoms with Crippen LogP contribution in [0.25, 0.3) is 5.65 Å². The fourth-order valence-electron chi connectivity index (χ4n) is 5.24. The first kappa shape index (κ1) is 36.9. The fourth-order valence-corrected chi connectivity index (χ4v) is 6.87. The number of hydrogen-bond donors (Lipinski definition) is 1. The molecule has 0 aliphatic carbocycles. The molecule has 1 aromatic carbocycles. The quantitative estimate of drug-likeness (QED) is 0.247. The molecule has 2 amide bonds. The van der Waals surface area contributed by atoms with Crippen molar-refractivity contribution in [3.05, 3.63) is 59.5 Å². The van der Waals surface area contributed by atoms with Crippen LogP contribution in [0, 0.1) is 18.3 Å². The van der Waals surface area contributed by atoms with Gasteiger partial charge in [0.2, 0.25) is 5.91 Å². The molecule has 2 aromatic heterocycles. The molecule has 0 radical (unpaired) electrons. The third-order valence-corrected chi connectivity index (χ3v) is 9.88. The number of alkyl halides is 6. The average Bonchev–Trinajstić information content (AvgIpc) is 3.50. The third kappa shape index (κ3) is 8.21. The Morgan fingerprint density at radius 3 is 2.25 bits per heavy atom. The van der Waals surface area contributed by atoms with Gasteiger partial charge in [-0.1, -0.05) is 31.5 Å². The number of fused-ring (bicyclic) bond motifs is 1. The number of carbonyl (C=O) groups excluding carboxylic acids is 2. The number of imidazole rings is 1. The van der Waals surface area contributed by atoms with E-state index in [-0.39, 0.29) is 40.5 Å². The lowest BCUT2D eigenvalue weighted by molar-refractivity contribution is -0.214. The SMILES string of the molecule is Cc1ccc(S(=O)(=O)N2C(=O)C(Cc3cnn4cc([C@H](CCC(C)(C)C(F)(F)F)NC(=O)OC(C)(C)C)nc4c3)C[C@H]2C(F)(F)F)cc1. The molecule has 264 valence electrons. The number of halogens is 6. The van der Waals surface area contributed by atoms with Crippen LogP contribution in [0.3, 0.4) is 0 Å². The number of alkyl carbamates (subject to hydrolysis) is 1. The molecule has 3 atom stereocenters. The molecule has 10 nitrogen and oxygen atoms in total. The topological polar surface area (TPSA) is 123 Å². The van der Waals surface area contributed by atoms with Crippen molar-refractivity contribution in [1.29, 1.82) is 0 Å². The van der Waals surface area contributed by atoms with Gasteiger partial charge in [0.05, 0.1) is 34.4 Å². The van der Waals surface area contributed by atoms with Crippen LogP contribution >= 0.6 is 0 Å². The van der Waals surface area contributed by atoms with E-state index in [4.69, 9.17) is 4.74 Å². The number of carbonyl (C=O) groups is 2. The highest BCUT2D eigenvalue weighted by molar-refractivity contribution is 7.89. The maximum Gasteiger partial charge on any atom is 0.410 e. The normalized spacial score (nSPS) is 18.8. The molecule has 4 rings (SSSR count). The lowest BCUT2D eigenvalue weighted by Gasteiger charge is -2.29. The number of rotatable bonds is 9. The molecule has 0 saturated carbocycles. The second-order valence-corrected chi connectivity index (χ2v) is 15.4. The maximum atomic E-state index is 14.1. The fraction of sp³-hybridized carbons (Fsp3) is 0.548. The Bertz CT molecular complexity index is 1770. The summed E-state index contributed by atoms with van der Waals surface area (Å²) in [5.74, 6) is -2.57. The van der Waals surface area contributed by atoms with Crippen molar-refractivity contribution >= 4 is 27.7 Å². The molecule has 0 bridgehead atoms. The van der Waals surface area contributed by atoms with Gasteiger partial charge in [0, 0.05) is 5.92 Å². The van der Waals surface area contributed by atoms with Crippen molar-refractivity contribution in [2.45, 2.75) is 102 Å². The van der Waals surface area contributed by atoms with Gasteiger partial charge in [0.25, 0.3) is 10.0 Å². The van der Waals surface area contributed by atoms with Gasteiger partial charge in [-0.15, -0.1) is 0 Å².